The van der Waals surface area contributed by atoms with Gasteiger partial charge in [-0.1, -0.05) is 24.3 Å². The Hall–Kier alpha value is -3.36. The number of aliphatic hydroxyl groups is 1. The van der Waals surface area contributed by atoms with Gasteiger partial charge in [0.1, 0.15) is 28.8 Å². The fraction of sp³-hybridized carbons (Fsp3) is 0.231. The van der Waals surface area contributed by atoms with E-state index in [1.54, 1.807) is 24.1 Å². The highest BCUT2D eigenvalue weighted by Crippen LogP contribution is 2.31. The lowest BCUT2D eigenvalue weighted by Gasteiger charge is -2.29. The lowest BCUT2D eigenvalue weighted by Crippen LogP contribution is -2.36. The van der Waals surface area contributed by atoms with Crippen LogP contribution in [0, 0.1) is 6.92 Å². The van der Waals surface area contributed by atoms with Crippen LogP contribution in [0.3, 0.4) is 0 Å². The van der Waals surface area contributed by atoms with E-state index < -0.39 is 6.04 Å². The lowest BCUT2D eigenvalue weighted by molar-refractivity contribution is 0.0525. The van der Waals surface area contributed by atoms with Crippen molar-refractivity contribution in [1.82, 2.24) is 9.88 Å². The van der Waals surface area contributed by atoms with E-state index in [-0.39, 0.29) is 24.8 Å². The SMILES string of the molecule is COc1ccc(CN(C(=O)c2ccc(Br)c(OC)n2)[C@H](CO)c2cc3ccc(C)cc3o2)cc1. The summed E-state index contributed by atoms with van der Waals surface area (Å²) in [5.74, 6) is 1.15. The number of amides is 1. The van der Waals surface area contributed by atoms with Crippen LogP contribution in [0.2, 0.25) is 0 Å². The van der Waals surface area contributed by atoms with E-state index in [0.29, 0.717) is 27.4 Å². The van der Waals surface area contributed by atoms with Gasteiger partial charge in [-0.05, 0) is 70.4 Å². The van der Waals surface area contributed by atoms with E-state index in [2.05, 4.69) is 20.9 Å². The molecule has 0 unspecified atom stereocenters. The van der Waals surface area contributed by atoms with Crippen LogP contribution in [0.4, 0.5) is 0 Å². The Morgan fingerprint density at radius 2 is 1.85 bits per heavy atom. The van der Waals surface area contributed by atoms with Crippen molar-refractivity contribution >= 4 is 32.8 Å². The fourth-order valence-electron chi connectivity index (χ4n) is 3.75. The van der Waals surface area contributed by atoms with E-state index in [1.807, 2.05) is 55.5 Å². The lowest BCUT2D eigenvalue weighted by atomic mass is 10.1. The molecule has 2 aromatic heterocycles. The van der Waals surface area contributed by atoms with Crippen molar-refractivity contribution in [3.63, 3.8) is 0 Å². The van der Waals surface area contributed by atoms with Crippen molar-refractivity contribution in [2.24, 2.45) is 0 Å². The average Bonchev–Trinajstić information content (AvgIpc) is 3.27. The second kappa shape index (κ2) is 10.3. The highest BCUT2D eigenvalue weighted by atomic mass is 79.9. The summed E-state index contributed by atoms with van der Waals surface area (Å²) in [6.07, 6.45) is 0. The summed E-state index contributed by atoms with van der Waals surface area (Å²) in [6.45, 7) is 1.88. The molecule has 4 aromatic rings. The molecule has 0 aliphatic heterocycles. The van der Waals surface area contributed by atoms with E-state index >= 15 is 0 Å². The van der Waals surface area contributed by atoms with Crippen molar-refractivity contribution in [3.8, 4) is 11.6 Å². The molecule has 1 atom stereocenters. The van der Waals surface area contributed by atoms with Crippen LogP contribution in [0.15, 0.2) is 69.6 Å². The van der Waals surface area contributed by atoms with Gasteiger partial charge in [0.25, 0.3) is 5.91 Å². The van der Waals surface area contributed by atoms with Crippen LogP contribution in [0.1, 0.15) is 33.4 Å². The summed E-state index contributed by atoms with van der Waals surface area (Å²) in [5.41, 5.74) is 2.82. The van der Waals surface area contributed by atoms with Gasteiger partial charge in [-0.2, -0.15) is 0 Å². The minimum Gasteiger partial charge on any atom is -0.497 e. The molecule has 0 aliphatic rings. The van der Waals surface area contributed by atoms with Gasteiger partial charge >= 0.3 is 0 Å². The molecule has 8 heteroatoms. The third-order valence-electron chi connectivity index (χ3n) is 5.57. The topological polar surface area (TPSA) is 85.0 Å². The van der Waals surface area contributed by atoms with Crippen LogP contribution < -0.4 is 9.47 Å². The second-order valence-electron chi connectivity index (χ2n) is 7.86. The molecular formula is C26H25BrN2O5. The number of rotatable bonds is 8. The quantitative estimate of drug-likeness (QED) is 0.337. The maximum absolute atomic E-state index is 13.7. The first-order chi connectivity index (χ1) is 16.4. The van der Waals surface area contributed by atoms with Crippen molar-refractivity contribution < 1.29 is 23.8 Å². The summed E-state index contributed by atoms with van der Waals surface area (Å²) in [4.78, 5) is 19.6. The number of methoxy groups -OCH3 is 2. The number of fused-ring (bicyclic) bond motifs is 1. The molecule has 0 bridgehead atoms. The maximum Gasteiger partial charge on any atom is 0.273 e. The van der Waals surface area contributed by atoms with E-state index in [9.17, 15) is 9.90 Å². The largest absolute Gasteiger partial charge is 0.497 e. The molecule has 2 aromatic carbocycles. The first-order valence-corrected chi connectivity index (χ1v) is 11.5. The Balaban J connectivity index is 1.76. The molecule has 7 nitrogen and oxygen atoms in total. The second-order valence-corrected chi connectivity index (χ2v) is 8.71. The maximum atomic E-state index is 13.7. The number of carbonyl (C=O) groups is 1. The number of aryl methyl sites for hydroxylation is 1. The number of carbonyl (C=O) groups excluding carboxylic acids is 1. The molecule has 1 amide bonds. The average molecular weight is 525 g/mol. The minimum absolute atomic E-state index is 0.193. The predicted molar refractivity (Wildman–Crippen MR) is 132 cm³/mol. The normalized spacial score (nSPS) is 11.9. The summed E-state index contributed by atoms with van der Waals surface area (Å²) >= 11 is 3.37. The molecule has 0 radical (unpaired) electrons. The molecular weight excluding hydrogens is 500 g/mol. The smallest absolute Gasteiger partial charge is 0.273 e. The van der Waals surface area contributed by atoms with E-state index in [4.69, 9.17) is 13.9 Å². The van der Waals surface area contributed by atoms with Crippen LogP contribution in [0.25, 0.3) is 11.0 Å². The number of furan rings is 1. The summed E-state index contributed by atoms with van der Waals surface area (Å²) in [6, 6.07) is 17.8. The number of hydrogen-bond donors (Lipinski definition) is 1. The minimum atomic E-state index is -0.723. The number of nitrogens with zero attached hydrogens (tertiary/aromatic N) is 2. The summed E-state index contributed by atoms with van der Waals surface area (Å²) in [5, 5.41) is 11.3. The fourth-order valence-corrected chi connectivity index (χ4v) is 4.13. The number of halogens is 1. The Morgan fingerprint density at radius 1 is 1.09 bits per heavy atom. The van der Waals surface area contributed by atoms with Crippen LogP contribution in [-0.2, 0) is 6.54 Å². The summed E-state index contributed by atoms with van der Waals surface area (Å²) < 4.78 is 17.2. The third-order valence-corrected chi connectivity index (χ3v) is 6.17. The zero-order valence-electron chi connectivity index (χ0n) is 19.1. The van der Waals surface area contributed by atoms with Gasteiger partial charge in [0, 0.05) is 11.9 Å². The molecule has 0 saturated heterocycles. The monoisotopic (exact) mass is 524 g/mol. The number of pyridine rings is 1. The molecule has 2 heterocycles. The van der Waals surface area contributed by atoms with Crippen molar-refractivity contribution in [2.45, 2.75) is 19.5 Å². The van der Waals surface area contributed by atoms with Gasteiger partial charge in [-0.25, -0.2) is 4.98 Å². The predicted octanol–water partition coefficient (Wildman–Crippen LogP) is 5.29. The Bertz CT molecular complexity index is 1300. The standard InChI is InChI=1S/C26H25BrN2O5/c1-16-4-7-18-13-24(34-23(18)12-16)22(15-30)29(14-17-5-8-19(32-2)9-6-17)26(31)21-11-10-20(27)25(28-21)33-3/h4-13,22,30H,14-15H2,1-3H3/t22-/m1/s1. The van der Waals surface area contributed by atoms with Gasteiger partial charge in [0.2, 0.25) is 5.88 Å². The zero-order valence-corrected chi connectivity index (χ0v) is 20.7. The van der Waals surface area contributed by atoms with Crippen LogP contribution in [-0.4, -0.2) is 41.7 Å². The Labute approximate surface area is 206 Å². The molecule has 0 saturated carbocycles. The van der Waals surface area contributed by atoms with Crippen molar-refractivity contribution in [3.05, 3.63) is 87.7 Å². The van der Waals surface area contributed by atoms with Gasteiger partial charge in [-0.3, -0.25) is 4.79 Å². The highest BCUT2D eigenvalue weighted by molar-refractivity contribution is 9.10. The van der Waals surface area contributed by atoms with Crippen LogP contribution >= 0.6 is 15.9 Å². The van der Waals surface area contributed by atoms with Gasteiger partial charge < -0.3 is 23.9 Å². The van der Waals surface area contributed by atoms with E-state index in [0.717, 1.165) is 16.5 Å². The van der Waals surface area contributed by atoms with Crippen molar-refractivity contribution in [1.29, 1.82) is 0 Å². The number of hydrogen-bond acceptors (Lipinski definition) is 6. The van der Waals surface area contributed by atoms with Gasteiger partial charge in [0.05, 0.1) is 25.3 Å². The van der Waals surface area contributed by atoms with E-state index in [1.165, 1.54) is 7.11 Å². The van der Waals surface area contributed by atoms with Crippen LogP contribution in [0.5, 0.6) is 11.6 Å². The molecule has 0 spiro atoms. The number of benzene rings is 2. The Morgan fingerprint density at radius 3 is 2.53 bits per heavy atom. The summed E-state index contributed by atoms with van der Waals surface area (Å²) in [7, 11) is 3.09. The third kappa shape index (κ3) is 4.93. The molecule has 0 aliphatic carbocycles. The van der Waals surface area contributed by atoms with Crippen molar-refractivity contribution in [2.75, 3.05) is 20.8 Å². The first kappa shape index (κ1) is 23.8. The molecule has 4 rings (SSSR count). The zero-order chi connectivity index (χ0) is 24.2. The Kier molecular flexibility index (Phi) is 7.19. The highest BCUT2D eigenvalue weighted by Gasteiger charge is 2.30. The molecule has 0 fully saturated rings. The number of ether oxygens (including phenoxy) is 2. The van der Waals surface area contributed by atoms with Gasteiger partial charge in [0.15, 0.2) is 0 Å². The number of aromatic nitrogens is 1. The first-order valence-electron chi connectivity index (χ1n) is 10.7. The molecule has 34 heavy (non-hydrogen) atoms. The van der Waals surface area contributed by atoms with Gasteiger partial charge in [-0.15, -0.1) is 0 Å². The molecule has 176 valence electrons. The molecule has 1 N–H and O–H groups in total. The number of aliphatic hydroxyl groups excluding tert-OH is 1.